The van der Waals surface area contributed by atoms with Crippen LogP contribution in [0.25, 0.3) is 11.4 Å². The average Bonchev–Trinajstić information content (AvgIpc) is 2.31. The molecule has 0 saturated carbocycles. The summed E-state index contributed by atoms with van der Waals surface area (Å²) < 4.78 is 0. The predicted octanol–water partition coefficient (Wildman–Crippen LogP) is 4.93. The molecule has 1 N–H and O–H groups in total. The van der Waals surface area contributed by atoms with E-state index in [2.05, 4.69) is 9.97 Å². The number of aromatic nitrogens is 2. The highest BCUT2D eigenvalue weighted by atomic mass is 35.5. The maximum Gasteiger partial charge on any atom is 0.162 e. The van der Waals surface area contributed by atoms with Gasteiger partial charge in [-0.2, -0.15) is 0 Å². The van der Waals surface area contributed by atoms with E-state index in [9.17, 15) is 5.11 Å². The first-order chi connectivity index (χ1) is 8.90. The standard InChI is InChI=1S/C13H11Cl3N2O/c1-6(2)10-11(15)17-13(18-12(10)16)7-3-4-9(19)8(14)5-7/h3-6,19H,1-2H3. The van der Waals surface area contributed by atoms with E-state index in [1.54, 1.807) is 12.1 Å². The summed E-state index contributed by atoms with van der Waals surface area (Å²) in [6, 6.07) is 4.69. The lowest BCUT2D eigenvalue weighted by molar-refractivity contribution is 0.475. The van der Waals surface area contributed by atoms with Crippen LogP contribution in [0.4, 0.5) is 0 Å². The summed E-state index contributed by atoms with van der Waals surface area (Å²) in [5, 5.41) is 10.3. The lowest BCUT2D eigenvalue weighted by atomic mass is 10.1. The van der Waals surface area contributed by atoms with Gasteiger partial charge >= 0.3 is 0 Å². The maximum atomic E-state index is 9.39. The minimum atomic E-state index is 0.00131. The number of nitrogens with zero attached hydrogens (tertiary/aromatic N) is 2. The highest BCUT2D eigenvalue weighted by Gasteiger charge is 2.16. The smallest absolute Gasteiger partial charge is 0.162 e. The van der Waals surface area contributed by atoms with Gasteiger partial charge in [0, 0.05) is 11.1 Å². The van der Waals surface area contributed by atoms with Gasteiger partial charge in [-0.15, -0.1) is 0 Å². The summed E-state index contributed by atoms with van der Waals surface area (Å²) in [6.07, 6.45) is 0. The Morgan fingerprint density at radius 3 is 2.11 bits per heavy atom. The van der Waals surface area contributed by atoms with E-state index in [0.717, 1.165) is 5.56 Å². The topological polar surface area (TPSA) is 46.0 Å². The second-order valence-corrected chi connectivity index (χ2v) is 5.49. The van der Waals surface area contributed by atoms with Crippen LogP contribution in [0.5, 0.6) is 5.75 Å². The molecule has 100 valence electrons. The van der Waals surface area contributed by atoms with Gasteiger partial charge in [0.1, 0.15) is 16.1 Å². The van der Waals surface area contributed by atoms with Gasteiger partial charge in [0.25, 0.3) is 0 Å². The maximum absolute atomic E-state index is 9.39. The van der Waals surface area contributed by atoms with Gasteiger partial charge < -0.3 is 5.11 Å². The molecule has 2 rings (SSSR count). The fourth-order valence-corrected chi connectivity index (χ4v) is 2.67. The Balaban J connectivity index is 2.55. The highest BCUT2D eigenvalue weighted by molar-refractivity contribution is 6.35. The monoisotopic (exact) mass is 316 g/mol. The second kappa shape index (κ2) is 5.53. The molecule has 0 aliphatic rings. The van der Waals surface area contributed by atoms with Crippen molar-refractivity contribution in [3.8, 4) is 17.1 Å². The molecule has 1 aromatic carbocycles. The fraction of sp³-hybridized carbons (Fsp3) is 0.231. The third kappa shape index (κ3) is 2.94. The van der Waals surface area contributed by atoms with Gasteiger partial charge in [-0.25, -0.2) is 9.97 Å². The molecule has 0 aliphatic heterocycles. The summed E-state index contributed by atoms with van der Waals surface area (Å²) in [4.78, 5) is 8.45. The lowest BCUT2D eigenvalue weighted by Gasteiger charge is -2.11. The van der Waals surface area contributed by atoms with Crippen molar-refractivity contribution in [3.63, 3.8) is 0 Å². The molecular weight excluding hydrogens is 307 g/mol. The zero-order chi connectivity index (χ0) is 14.2. The van der Waals surface area contributed by atoms with E-state index in [-0.39, 0.29) is 16.7 Å². The van der Waals surface area contributed by atoms with Crippen LogP contribution in [-0.2, 0) is 0 Å². The Hall–Kier alpha value is -1.03. The van der Waals surface area contributed by atoms with E-state index in [4.69, 9.17) is 34.8 Å². The predicted molar refractivity (Wildman–Crippen MR) is 78.3 cm³/mol. The number of benzene rings is 1. The van der Waals surface area contributed by atoms with Gasteiger partial charge in [-0.1, -0.05) is 48.7 Å². The van der Waals surface area contributed by atoms with Crippen molar-refractivity contribution in [2.24, 2.45) is 0 Å². The van der Waals surface area contributed by atoms with Crippen LogP contribution in [-0.4, -0.2) is 15.1 Å². The van der Waals surface area contributed by atoms with Crippen molar-refractivity contribution in [3.05, 3.63) is 39.1 Å². The fourth-order valence-electron chi connectivity index (χ4n) is 1.67. The molecule has 19 heavy (non-hydrogen) atoms. The molecule has 2 aromatic rings. The molecule has 0 saturated heterocycles. The average molecular weight is 318 g/mol. The zero-order valence-electron chi connectivity index (χ0n) is 10.3. The molecule has 6 heteroatoms. The number of halogens is 3. The Bertz CT molecular complexity index is 606. The first-order valence-corrected chi connectivity index (χ1v) is 6.75. The number of phenolic OH excluding ortho intramolecular Hbond substituents is 1. The van der Waals surface area contributed by atoms with Crippen LogP contribution in [0.3, 0.4) is 0 Å². The summed E-state index contributed by atoms with van der Waals surface area (Å²) in [5.74, 6) is 0.514. The van der Waals surface area contributed by atoms with Crippen molar-refractivity contribution in [2.75, 3.05) is 0 Å². The Labute approximate surface area is 126 Å². The number of hydrogen-bond donors (Lipinski definition) is 1. The zero-order valence-corrected chi connectivity index (χ0v) is 12.6. The minimum absolute atomic E-state index is 0.00131. The van der Waals surface area contributed by atoms with Crippen LogP contribution >= 0.6 is 34.8 Å². The van der Waals surface area contributed by atoms with Crippen molar-refractivity contribution < 1.29 is 5.11 Å². The van der Waals surface area contributed by atoms with Crippen LogP contribution in [0, 0.1) is 0 Å². The second-order valence-electron chi connectivity index (χ2n) is 4.36. The molecule has 0 fully saturated rings. The molecular formula is C13H11Cl3N2O. The van der Waals surface area contributed by atoms with Crippen LogP contribution in [0.15, 0.2) is 18.2 Å². The molecule has 0 amide bonds. The molecule has 0 radical (unpaired) electrons. The van der Waals surface area contributed by atoms with Gasteiger partial charge in [0.2, 0.25) is 0 Å². The van der Waals surface area contributed by atoms with E-state index < -0.39 is 0 Å². The summed E-state index contributed by atoms with van der Waals surface area (Å²) in [7, 11) is 0. The molecule has 1 heterocycles. The van der Waals surface area contributed by atoms with E-state index >= 15 is 0 Å². The van der Waals surface area contributed by atoms with Crippen molar-refractivity contribution in [1.82, 2.24) is 9.97 Å². The number of aromatic hydroxyl groups is 1. The molecule has 0 aliphatic carbocycles. The highest BCUT2D eigenvalue weighted by Crippen LogP contribution is 2.33. The van der Waals surface area contributed by atoms with E-state index in [1.807, 2.05) is 13.8 Å². The Morgan fingerprint density at radius 2 is 1.63 bits per heavy atom. The Morgan fingerprint density at radius 1 is 1.05 bits per heavy atom. The molecule has 0 bridgehead atoms. The van der Waals surface area contributed by atoms with E-state index in [1.165, 1.54) is 6.07 Å². The van der Waals surface area contributed by atoms with Gasteiger partial charge in [-0.3, -0.25) is 0 Å². The first kappa shape index (κ1) is 14.4. The minimum Gasteiger partial charge on any atom is -0.506 e. The SMILES string of the molecule is CC(C)c1c(Cl)nc(-c2ccc(O)c(Cl)c2)nc1Cl. The van der Waals surface area contributed by atoms with Gasteiger partial charge in [0.05, 0.1) is 5.02 Å². The van der Waals surface area contributed by atoms with Crippen LogP contribution in [0.1, 0.15) is 25.3 Å². The molecule has 3 nitrogen and oxygen atoms in total. The van der Waals surface area contributed by atoms with Crippen molar-refractivity contribution in [1.29, 1.82) is 0 Å². The van der Waals surface area contributed by atoms with Gasteiger partial charge in [0.15, 0.2) is 5.82 Å². The molecule has 1 aromatic heterocycles. The van der Waals surface area contributed by atoms with Crippen molar-refractivity contribution in [2.45, 2.75) is 19.8 Å². The first-order valence-electron chi connectivity index (χ1n) is 5.62. The molecule has 0 atom stereocenters. The quantitative estimate of drug-likeness (QED) is 0.799. The number of rotatable bonds is 2. The van der Waals surface area contributed by atoms with Crippen molar-refractivity contribution >= 4 is 34.8 Å². The normalized spacial score (nSPS) is 11.1. The van der Waals surface area contributed by atoms with Crippen LogP contribution < -0.4 is 0 Å². The number of phenols is 1. The molecule has 0 spiro atoms. The summed E-state index contributed by atoms with van der Waals surface area (Å²) in [6.45, 7) is 3.93. The lowest BCUT2D eigenvalue weighted by Crippen LogP contribution is -1.99. The Kier molecular flexibility index (Phi) is 4.19. The third-order valence-corrected chi connectivity index (χ3v) is 3.51. The third-order valence-electron chi connectivity index (χ3n) is 2.64. The number of hydrogen-bond acceptors (Lipinski definition) is 3. The van der Waals surface area contributed by atoms with Crippen LogP contribution in [0.2, 0.25) is 15.3 Å². The summed E-state index contributed by atoms with van der Waals surface area (Å²) in [5.41, 5.74) is 1.36. The molecule has 0 unspecified atom stereocenters. The van der Waals surface area contributed by atoms with E-state index in [0.29, 0.717) is 21.7 Å². The van der Waals surface area contributed by atoms with Gasteiger partial charge in [-0.05, 0) is 24.1 Å². The summed E-state index contributed by atoms with van der Waals surface area (Å²) >= 11 is 18.1. The largest absolute Gasteiger partial charge is 0.506 e.